The first-order chi connectivity index (χ1) is 16.1. The van der Waals surface area contributed by atoms with E-state index in [9.17, 15) is 9.59 Å². The average molecular weight is 434 g/mol. The first-order valence-corrected chi connectivity index (χ1v) is 10.7. The molecule has 0 radical (unpaired) electrons. The zero-order valence-corrected chi connectivity index (χ0v) is 18.3. The van der Waals surface area contributed by atoms with E-state index in [0.717, 1.165) is 22.0 Å². The highest BCUT2D eigenvalue weighted by atomic mass is 16.5. The minimum atomic E-state index is -0.386. The van der Waals surface area contributed by atoms with Crippen molar-refractivity contribution in [3.05, 3.63) is 108 Å². The van der Waals surface area contributed by atoms with E-state index in [1.807, 2.05) is 67.6 Å². The SMILES string of the molecule is COc1ccc(C2=C(Nc3ccc(C)cc3)C(=O)N(c3cccc4ccccc34)C2=O)cc1. The number of rotatable bonds is 5. The average Bonchev–Trinajstić information content (AvgIpc) is 3.09. The lowest BCUT2D eigenvalue weighted by atomic mass is 10.0. The molecule has 1 aliphatic heterocycles. The summed E-state index contributed by atoms with van der Waals surface area (Å²) in [7, 11) is 1.59. The summed E-state index contributed by atoms with van der Waals surface area (Å²) in [5.41, 5.74) is 3.64. The number of nitrogens with zero attached hydrogens (tertiary/aromatic N) is 1. The molecule has 0 unspecified atom stereocenters. The number of fused-ring (bicyclic) bond motifs is 1. The zero-order chi connectivity index (χ0) is 22.9. The number of hydrogen-bond donors (Lipinski definition) is 1. The molecular formula is C28H22N2O3. The van der Waals surface area contributed by atoms with E-state index >= 15 is 0 Å². The topological polar surface area (TPSA) is 58.6 Å². The number of nitrogens with one attached hydrogen (secondary N) is 1. The van der Waals surface area contributed by atoms with Gasteiger partial charge < -0.3 is 10.1 Å². The number of aryl methyl sites for hydroxylation is 1. The molecule has 1 aliphatic rings. The molecule has 0 atom stereocenters. The van der Waals surface area contributed by atoms with E-state index in [0.29, 0.717) is 22.6 Å². The van der Waals surface area contributed by atoms with Gasteiger partial charge in [0.15, 0.2) is 0 Å². The van der Waals surface area contributed by atoms with Crippen LogP contribution in [0.1, 0.15) is 11.1 Å². The lowest BCUT2D eigenvalue weighted by molar-refractivity contribution is -0.120. The Hall–Kier alpha value is -4.38. The van der Waals surface area contributed by atoms with E-state index in [1.165, 1.54) is 4.90 Å². The first kappa shape index (κ1) is 20.5. The Balaban J connectivity index is 1.65. The lowest BCUT2D eigenvalue weighted by Gasteiger charge is -2.18. The number of imide groups is 1. The van der Waals surface area contributed by atoms with Crippen LogP contribution in [0.3, 0.4) is 0 Å². The van der Waals surface area contributed by atoms with Crippen LogP contribution >= 0.6 is 0 Å². The molecule has 0 aliphatic carbocycles. The predicted molar refractivity (Wildman–Crippen MR) is 131 cm³/mol. The molecule has 4 aromatic rings. The van der Waals surface area contributed by atoms with Gasteiger partial charge in [-0.25, -0.2) is 4.90 Å². The summed E-state index contributed by atoms with van der Waals surface area (Å²) in [4.78, 5) is 28.7. The van der Waals surface area contributed by atoms with Crippen molar-refractivity contribution in [1.82, 2.24) is 0 Å². The Morgan fingerprint density at radius 3 is 2.18 bits per heavy atom. The van der Waals surface area contributed by atoms with Gasteiger partial charge in [-0.15, -0.1) is 0 Å². The van der Waals surface area contributed by atoms with Crippen molar-refractivity contribution in [3.8, 4) is 5.75 Å². The van der Waals surface area contributed by atoms with Gasteiger partial charge in [0.2, 0.25) is 0 Å². The van der Waals surface area contributed by atoms with Crippen LogP contribution in [0.15, 0.2) is 96.7 Å². The number of methoxy groups -OCH3 is 1. The summed E-state index contributed by atoms with van der Waals surface area (Å²) in [6, 6.07) is 28.2. The van der Waals surface area contributed by atoms with Gasteiger partial charge in [0.1, 0.15) is 11.4 Å². The molecule has 162 valence electrons. The minimum Gasteiger partial charge on any atom is -0.497 e. The van der Waals surface area contributed by atoms with E-state index in [4.69, 9.17) is 4.74 Å². The molecule has 4 aromatic carbocycles. The van der Waals surface area contributed by atoms with Gasteiger partial charge in [-0.1, -0.05) is 66.2 Å². The maximum absolute atomic E-state index is 13.7. The fraction of sp³-hybridized carbons (Fsp3) is 0.0714. The Morgan fingerprint density at radius 1 is 0.758 bits per heavy atom. The van der Waals surface area contributed by atoms with Crippen LogP contribution in [0.5, 0.6) is 5.75 Å². The number of hydrogen-bond acceptors (Lipinski definition) is 4. The highest BCUT2D eigenvalue weighted by Crippen LogP contribution is 2.37. The van der Waals surface area contributed by atoms with Crippen molar-refractivity contribution in [2.45, 2.75) is 6.92 Å². The quantitative estimate of drug-likeness (QED) is 0.418. The zero-order valence-electron chi connectivity index (χ0n) is 18.3. The van der Waals surface area contributed by atoms with Crippen molar-refractivity contribution >= 4 is 39.5 Å². The molecule has 2 amide bonds. The Morgan fingerprint density at radius 2 is 1.45 bits per heavy atom. The van der Waals surface area contributed by atoms with Gasteiger partial charge in [-0.2, -0.15) is 0 Å². The van der Waals surface area contributed by atoms with Gasteiger partial charge in [-0.3, -0.25) is 9.59 Å². The third-order valence-corrected chi connectivity index (χ3v) is 5.79. The van der Waals surface area contributed by atoms with E-state index in [1.54, 1.807) is 37.4 Å². The molecule has 0 bridgehead atoms. The molecule has 5 heteroatoms. The monoisotopic (exact) mass is 434 g/mol. The minimum absolute atomic E-state index is 0.252. The molecule has 33 heavy (non-hydrogen) atoms. The van der Waals surface area contributed by atoms with Crippen molar-refractivity contribution in [3.63, 3.8) is 0 Å². The second kappa shape index (κ2) is 8.28. The van der Waals surface area contributed by atoms with Crippen LogP contribution in [-0.4, -0.2) is 18.9 Å². The Kier molecular flexibility index (Phi) is 5.15. The van der Waals surface area contributed by atoms with Gasteiger partial charge >= 0.3 is 0 Å². The van der Waals surface area contributed by atoms with Crippen LogP contribution in [-0.2, 0) is 9.59 Å². The van der Waals surface area contributed by atoms with E-state index in [-0.39, 0.29) is 17.5 Å². The molecule has 0 spiro atoms. The second-order valence-electron chi connectivity index (χ2n) is 7.91. The first-order valence-electron chi connectivity index (χ1n) is 10.7. The summed E-state index contributed by atoms with van der Waals surface area (Å²) >= 11 is 0. The molecule has 5 rings (SSSR count). The van der Waals surface area contributed by atoms with Gasteiger partial charge in [0.05, 0.1) is 18.4 Å². The number of benzene rings is 4. The van der Waals surface area contributed by atoms with E-state index in [2.05, 4.69) is 5.32 Å². The number of carbonyl (C=O) groups is 2. The van der Waals surface area contributed by atoms with Crippen molar-refractivity contribution in [1.29, 1.82) is 0 Å². The van der Waals surface area contributed by atoms with Crippen LogP contribution in [0.25, 0.3) is 16.3 Å². The maximum Gasteiger partial charge on any atom is 0.282 e. The molecule has 0 fully saturated rings. The Labute approximate surface area is 191 Å². The molecular weight excluding hydrogens is 412 g/mol. The molecule has 1 heterocycles. The molecule has 0 aromatic heterocycles. The van der Waals surface area contributed by atoms with Gasteiger partial charge in [-0.05, 0) is 48.2 Å². The third kappa shape index (κ3) is 3.64. The summed E-state index contributed by atoms with van der Waals surface area (Å²) < 4.78 is 5.26. The fourth-order valence-electron chi connectivity index (χ4n) is 4.07. The van der Waals surface area contributed by atoms with Gasteiger partial charge in [0.25, 0.3) is 11.8 Å². The third-order valence-electron chi connectivity index (χ3n) is 5.79. The highest BCUT2D eigenvalue weighted by molar-refractivity contribution is 6.47. The summed E-state index contributed by atoms with van der Waals surface area (Å²) in [6.07, 6.45) is 0. The van der Waals surface area contributed by atoms with E-state index < -0.39 is 0 Å². The number of carbonyl (C=O) groups excluding carboxylic acids is 2. The largest absolute Gasteiger partial charge is 0.497 e. The van der Waals surface area contributed by atoms with Crippen LogP contribution in [0, 0.1) is 6.92 Å². The van der Waals surface area contributed by atoms with Crippen molar-refractivity contribution in [2.24, 2.45) is 0 Å². The van der Waals surface area contributed by atoms with Crippen LogP contribution in [0.2, 0.25) is 0 Å². The number of amides is 2. The molecule has 1 N–H and O–H groups in total. The molecule has 0 saturated carbocycles. The molecule has 5 nitrogen and oxygen atoms in total. The summed E-state index contributed by atoms with van der Waals surface area (Å²) in [5, 5.41) is 5.01. The Bertz CT molecular complexity index is 1400. The van der Waals surface area contributed by atoms with Crippen LogP contribution in [0.4, 0.5) is 11.4 Å². The predicted octanol–water partition coefficient (Wildman–Crippen LogP) is 5.55. The van der Waals surface area contributed by atoms with Crippen LogP contribution < -0.4 is 15.0 Å². The van der Waals surface area contributed by atoms with Crippen molar-refractivity contribution in [2.75, 3.05) is 17.3 Å². The van der Waals surface area contributed by atoms with Gasteiger partial charge in [0, 0.05) is 11.1 Å². The number of ether oxygens (including phenoxy) is 1. The second-order valence-corrected chi connectivity index (χ2v) is 7.91. The van der Waals surface area contributed by atoms with Crippen molar-refractivity contribution < 1.29 is 14.3 Å². The highest BCUT2D eigenvalue weighted by Gasteiger charge is 2.40. The smallest absolute Gasteiger partial charge is 0.282 e. The standard InChI is InChI=1S/C28H22N2O3/c1-18-10-14-21(15-11-18)29-26-25(20-12-16-22(33-2)17-13-20)27(31)30(28(26)32)24-9-5-7-19-6-3-4-8-23(19)24/h3-17,29H,1-2H3. The summed E-state index contributed by atoms with van der Waals surface area (Å²) in [6.45, 7) is 2.00. The lowest BCUT2D eigenvalue weighted by Crippen LogP contribution is -2.32. The maximum atomic E-state index is 13.7. The number of anilines is 2. The fourth-order valence-corrected chi connectivity index (χ4v) is 4.07. The normalized spacial score (nSPS) is 13.7. The molecule has 0 saturated heterocycles. The summed E-state index contributed by atoms with van der Waals surface area (Å²) in [5.74, 6) is -0.0750.